The predicted molar refractivity (Wildman–Crippen MR) is 73.7 cm³/mol. The largest absolute Gasteiger partial charge is 0.490 e. The molecule has 0 atom stereocenters. The zero-order valence-corrected chi connectivity index (χ0v) is 11.8. The highest BCUT2D eigenvalue weighted by atomic mass is 16.5. The third kappa shape index (κ3) is 3.71. The van der Waals surface area contributed by atoms with E-state index in [2.05, 4.69) is 10.1 Å². The average molecular weight is 277 g/mol. The smallest absolute Gasteiger partial charge is 0.223 e. The van der Waals surface area contributed by atoms with E-state index in [-0.39, 0.29) is 6.61 Å². The molecule has 0 spiro atoms. The molecule has 0 aliphatic heterocycles. The molecule has 0 bridgehead atoms. The second-order valence-corrected chi connectivity index (χ2v) is 4.27. The number of hydrogen-bond acceptors (Lipinski definition) is 6. The summed E-state index contributed by atoms with van der Waals surface area (Å²) in [6, 6.07) is 5.81. The van der Waals surface area contributed by atoms with Crippen molar-refractivity contribution >= 4 is 0 Å². The van der Waals surface area contributed by atoms with Gasteiger partial charge in [-0.1, -0.05) is 11.2 Å². The molecule has 6 nitrogen and oxygen atoms in total. The zero-order chi connectivity index (χ0) is 14.4. The van der Waals surface area contributed by atoms with Gasteiger partial charge in [-0.2, -0.15) is 4.98 Å². The van der Waals surface area contributed by atoms with E-state index in [4.69, 9.17) is 19.7 Å². The molecule has 1 heterocycles. The van der Waals surface area contributed by atoms with Crippen molar-refractivity contribution < 1.29 is 14.0 Å². The van der Waals surface area contributed by atoms with Crippen LogP contribution in [0.1, 0.15) is 24.2 Å². The summed E-state index contributed by atoms with van der Waals surface area (Å²) in [7, 11) is 0. The van der Waals surface area contributed by atoms with Crippen LogP contribution in [0.5, 0.6) is 11.5 Å². The third-order valence-electron chi connectivity index (χ3n) is 2.67. The van der Waals surface area contributed by atoms with Gasteiger partial charge in [-0.05, 0) is 37.6 Å². The Morgan fingerprint density at radius 2 is 2.10 bits per heavy atom. The highest BCUT2D eigenvalue weighted by molar-refractivity contribution is 5.43. The summed E-state index contributed by atoms with van der Waals surface area (Å²) in [4.78, 5) is 4.09. The van der Waals surface area contributed by atoms with Gasteiger partial charge in [0.2, 0.25) is 11.7 Å². The normalized spacial score (nSPS) is 10.6. The van der Waals surface area contributed by atoms with Crippen LogP contribution in [0.3, 0.4) is 0 Å². The van der Waals surface area contributed by atoms with Crippen LogP contribution in [0.2, 0.25) is 0 Å². The Morgan fingerprint density at radius 1 is 1.25 bits per heavy atom. The molecular weight excluding hydrogens is 258 g/mol. The van der Waals surface area contributed by atoms with Crippen LogP contribution in [0.15, 0.2) is 22.7 Å². The highest BCUT2D eigenvalue weighted by Crippen LogP contribution is 2.29. The van der Waals surface area contributed by atoms with E-state index >= 15 is 0 Å². The standard InChI is InChI=1S/C14H19N3O3/c1-3-18-13-8-11(6-7-15)4-5-12(13)19-9-14-16-10(2)20-17-14/h4-5,8H,3,6-7,9,15H2,1-2H3. The van der Waals surface area contributed by atoms with Gasteiger partial charge in [0.1, 0.15) is 0 Å². The molecule has 2 N–H and O–H groups in total. The first-order valence-electron chi connectivity index (χ1n) is 6.60. The molecule has 108 valence electrons. The molecule has 0 radical (unpaired) electrons. The summed E-state index contributed by atoms with van der Waals surface area (Å²) in [6.07, 6.45) is 0.810. The van der Waals surface area contributed by atoms with Crippen LogP contribution < -0.4 is 15.2 Å². The lowest BCUT2D eigenvalue weighted by molar-refractivity contribution is 0.258. The lowest BCUT2D eigenvalue weighted by Crippen LogP contribution is -2.05. The van der Waals surface area contributed by atoms with E-state index in [1.165, 1.54) is 0 Å². The first kappa shape index (κ1) is 14.3. The van der Waals surface area contributed by atoms with Crippen molar-refractivity contribution in [3.8, 4) is 11.5 Å². The lowest BCUT2D eigenvalue weighted by Gasteiger charge is -2.12. The van der Waals surface area contributed by atoms with Crippen LogP contribution in [0.25, 0.3) is 0 Å². The number of nitrogens with two attached hydrogens (primary N) is 1. The third-order valence-corrected chi connectivity index (χ3v) is 2.67. The fourth-order valence-electron chi connectivity index (χ4n) is 1.80. The Bertz CT molecular complexity index is 554. The Kier molecular flexibility index (Phi) is 4.95. The molecule has 1 aromatic heterocycles. The van der Waals surface area contributed by atoms with Crippen molar-refractivity contribution in [2.75, 3.05) is 13.2 Å². The second kappa shape index (κ2) is 6.91. The molecule has 0 aliphatic carbocycles. The van der Waals surface area contributed by atoms with Gasteiger partial charge in [-0.25, -0.2) is 0 Å². The Morgan fingerprint density at radius 3 is 2.75 bits per heavy atom. The lowest BCUT2D eigenvalue weighted by atomic mass is 10.1. The van der Waals surface area contributed by atoms with Crippen LogP contribution >= 0.6 is 0 Å². The number of aryl methyl sites for hydroxylation is 1. The van der Waals surface area contributed by atoms with Crippen LogP contribution in [0.4, 0.5) is 0 Å². The van der Waals surface area contributed by atoms with E-state index in [9.17, 15) is 0 Å². The van der Waals surface area contributed by atoms with Crippen LogP contribution in [0, 0.1) is 6.92 Å². The fourth-order valence-corrected chi connectivity index (χ4v) is 1.80. The monoisotopic (exact) mass is 277 g/mol. The molecule has 0 aliphatic rings. The topological polar surface area (TPSA) is 83.4 Å². The van der Waals surface area contributed by atoms with Crippen molar-refractivity contribution in [3.05, 3.63) is 35.5 Å². The summed E-state index contributed by atoms with van der Waals surface area (Å²) in [6.45, 7) is 5.09. The molecule has 1 aromatic carbocycles. The summed E-state index contributed by atoms with van der Waals surface area (Å²) in [5, 5.41) is 3.79. The first-order valence-corrected chi connectivity index (χ1v) is 6.60. The van der Waals surface area contributed by atoms with Crippen molar-refractivity contribution in [1.29, 1.82) is 0 Å². The second-order valence-electron chi connectivity index (χ2n) is 4.27. The zero-order valence-electron chi connectivity index (χ0n) is 11.8. The van der Waals surface area contributed by atoms with E-state index in [0.29, 0.717) is 36.4 Å². The summed E-state index contributed by atoms with van der Waals surface area (Å²) in [5.41, 5.74) is 6.68. The molecule has 6 heteroatoms. The van der Waals surface area contributed by atoms with E-state index in [1.807, 2.05) is 25.1 Å². The van der Waals surface area contributed by atoms with Crippen LogP contribution in [-0.4, -0.2) is 23.3 Å². The van der Waals surface area contributed by atoms with Gasteiger partial charge in [-0.15, -0.1) is 0 Å². The average Bonchev–Trinajstić information content (AvgIpc) is 2.84. The van der Waals surface area contributed by atoms with Crippen LogP contribution in [-0.2, 0) is 13.0 Å². The first-order chi connectivity index (χ1) is 9.72. The number of ether oxygens (including phenoxy) is 2. The maximum atomic E-state index is 5.68. The maximum absolute atomic E-state index is 5.68. The van der Waals surface area contributed by atoms with Gasteiger partial charge in [0, 0.05) is 6.92 Å². The SMILES string of the molecule is CCOc1cc(CCN)ccc1OCc1noc(C)n1. The Labute approximate surface area is 117 Å². The summed E-state index contributed by atoms with van der Waals surface area (Å²) < 4.78 is 16.2. The van der Waals surface area contributed by atoms with Crippen molar-refractivity contribution in [1.82, 2.24) is 10.1 Å². The van der Waals surface area contributed by atoms with E-state index < -0.39 is 0 Å². The van der Waals surface area contributed by atoms with E-state index in [1.54, 1.807) is 6.92 Å². The minimum Gasteiger partial charge on any atom is -0.490 e. The molecule has 20 heavy (non-hydrogen) atoms. The number of benzene rings is 1. The minimum atomic E-state index is 0.244. The molecule has 2 rings (SSSR count). The predicted octanol–water partition coefficient (Wildman–Crippen LogP) is 1.86. The summed E-state index contributed by atoms with van der Waals surface area (Å²) >= 11 is 0. The van der Waals surface area contributed by atoms with Crippen molar-refractivity contribution in [2.45, 2.75) is 26.9 Å². The van der Waals surface area contributed by atoms with Gasteiger partial charge in [0.15, 0.2) is 18.1 Å². The highest BCUT2D eigenvalue weighted by Gasteiger charge is 2.09. The number of aromatic nitrogens is 2. The minimum absolute atomic E-state index is 0.244. The fraction of sp³-hybridized carbons (Fsp3) is 0.429. The van der Waals surface area contributed by atoms with Gasteiger partial charge in [0.05, 0.1) is 6.61 Å². The van der Waals surface area contributed by atoms with Gasteiger partial charge in [0.25, 0.3) is 0 Å². The molecule has 0 saturated heterocycles. The molecule has 0 amide bonds. The Hall–Kier alpha value is -2.08. The van der Waals surface area contributed by atoms with Gasteiger partial charge < -0.3 is 19.7 Å². The molecule has 0 fully saturated rings. The molecule has 0 unspecified atom stereocenters. The molecule has 2 aromatic rings. The van der Waals surface area contributed by atoms with Gasteiger partial charge >= 0.3 is 0 Å². The molecular formula is C14H19N3O3. The van der Waals surface area contributed by atoms with Crippen molar-refractivity contribution in [3.63, 3.8) is 0 Å². The number of nitrogens with zero attached hydrogens (tertiary/aromatic N) is 2. The maximum Gasteiger partial charge on any atom is 0.223 e. The summed E-state index contributed by atoms with van der Waals surface area (Å²) in [5.74, 6) is 2.40. The Balaban J connectivity index is 2.09. The van der Waals surface area contributed by atoms with E-state index in [0.717, 1.165) is 12.0 Å². The number of hydrogen-bond donors (Lipinski definition) is 1. The quantitative estimate of drug-likeness (QED) is 0.831. The molecule has 0 saturated carbocycles. The van der Waals surface area contributed by atoms with Crippen molar-refractivity contribution in [2.24, 2.45) is 5.73 Å². The van der Waals surface area contributed by atoms with Gasteiger partial charge in [-0.3, -0.25) is 0 Å². The number of rotatable bonds is 7.